The Kier molecular flexibility index (Phi) is 8.49. The molecular formula is C17H28IN3O2S. The van der Waals surface area contributed by atoms with Crippen LogP contribution in [0.25, 0.3) is 0 Å². The number of nitrogens with zero attached hydrogens (tertiary/aromatic N) is 2. The SMILES string of the molecule is COc1ccc(C(C)(C)CN=C(N)N2CCSCC2)cc1OC.I. The summed E-state index contributed by atoms with van der Waals surface area (Å²) in [5, 5.41) is 0. The lowest BCUT2D eigenvalue weighted by Crippen LogP contribution is -2.43. The van der Waals surface area contributed by atoms with E-state index in [9.17, 15) is 0 Å². The predicted molar refractivity (Wildman–Crippen MR) is 113 cm³/mol. The number of aliphatic imine (C=N–C) groups is 1. The van der Waals surface area contributed by atoms with Gasteiger partial charge in [0, 0.05) is 30.0 Å². The molecule has 1 saturated heterocycles. The van der Waals surface area contributed by atoms with E-state index in [1.807, 2.05) is 23.9 Å². The van der Waals surface area contributed by atoms with Crippen LogP contribution in [0.2, 0.25) is 0 Å². The molecule has 1 aliphatic rings. The molecule has 1 aliphatic heterocycles. The zero-order valence-corrected chi connectivity index (χ0v) is 18.0. The van der Waals surface area contributed by atoms with Crippen molar-refractivity contribution < 1.29 is 9.47 Å². The fourth-order valence-electron chi connectivity index (χ4n) is 2.52. The maximum absolute atomic E-state index is 6.16. The molecule has 1 fully saturated rings. The fraction of sp³-hybridized carbons (Fsp3) is 0.588. The Morgan fingerprint density at radius 3 is 2.42 bits per heavy atom. The molecule has 2 N–H and O–H groups in total. The highest BCUT2D eigenvalue weighted by Gasteiger charge is 2.23. The van der Waals surface area contributed by atoms with Crippen molar-refractivity contribution in [2.45, 2.75) is 19.3 Å². The standard InChI is InChI=1S/C17H27N3O2S.HI/c1-17(2,12-19-16(18)20-7-9-23-10-8-20)13-5-6-14(21-3)15(11-13)22-4;/h5-6,11H,7-10,12H2,1-4H3,(H2,18,19);1H. The van der Waals surface area contributed by atoms with Crippen molar-refractivity contribution in [1.82, 2.24) is 4.90 Å². The second-order valence-corrected chi connectivity index (χ2v) is 7.45. The summed E-state index contributed by atoms with van der Waals surface area (Å²) in [4.78, 5) is 6.80. The number of methoxy groups -OCH3 is 2. The molecule has 0 unspecified atom stereocenters. The van der Waals surface area contributed by atoms with E-state index < -0.39 is 0 Å². The van der Waals surface area contributed by atoms with Gasteiger partial charge in [-0.25, -0.2) is 0 Å². The summed E-state index contributed by atoms with van der Waals surface area (Å²) in [5.41, 5.74) is 7.18. The molecule has 0 aliphatic carbocycles. The summed E-state index contributed by atoms with van der Waals surface area (Å²) in [5.74, 6) is 4.37. The van der Waals surface area contributed by atoms with Gasteiger partial charge in [-0.1, -0.05) is 19.9 Å². The smallest absolute Gasteiger partial charge is 0.191 e. The van der Waals surface area contributed by atoms with Crippen molar-refractivity contribution >= 4 is 41.7 Å². The first-order chi connectivity index (χ1) is 11.0. The van der Waals surface area contributed by atoms with Crippen LogP contribution in [0.4, 0.5) is 0 Å². The number of guanidine groups is 1. The molecule has 1 heterocycles. The van der Waals surface area contributed by atoms with Gasteiger partial charge >= 0.3 is 0 Å². The lowest BCUT2D eigenvalue weighted by Gasteiger charge is -2.29. The van der Waals surface area contributed by atoms with Crippen LogP contribution in [0.1, 0.15) is 19.4 Å². The number of hydrogen-bond donors (Lipinski definition) is 1. The van der Waals surface area contributed by atoms with E-state index >= 15 is 0 Å². The van der Waals surface area contributed by atoms with Crippen LogP contribution in [-0.4, -0.2) is 56.2 Å². The number of hydrogen-bond acceptors (Lipinski definition) is 4. The summed E-state index contributed by atoms with van der Waals surface area (Å²) < 4.78 is 10.7. The maximum Gasteiger partial charge on any atom is 0.191 e. The molecule has 5 nitrogen and oxygen atoms in total. The van der Waals surface area contributed by atoms with Gasteiger partial charge in [0.2, 0.25) is 0 Å². The number of benzene rings is 1. The molecule has 0 saturated carbocycles. The zero-order valence-electron chi connectivity index (χ0n) is 14.9. The van der Waals surface area contributed by atoms with Gasteiger partial charge in [0.1, 0.15) is 0 Å². The van der Waals surface area contributed by atoms with Crippen molar-refractivity contribution in [3.05, 3.63) is 23.8 Å². The molecule has 1 aromatic rings. The molecule has 7 heteroatoms. The van der Waals surface area contributed by atoms with Crippen molar-refractivity contribution in [1.29, 1.82) is 0 Å². The van der Waals surface area contributed by atoms with Gasteiger partial charge in [-0.05, 0) is 17.7 Å². The number of ether oxygens (including phenoxy) is 2. The Morgan fingerprint density at radius 1 is 1.21 bits per heavy atom. The van der Waals surface area contributed by atoms with Crippen molar-refractivity contribution in [2.75, 3.05) is 45.4 Å². The van der Waals surface area contributed by atoms with E-state index in [1.54, 1.807) is 14.2 Å². The summed E-state index contributed by atoms with van der Waals surface area (Å²) >= 11 is 1.97. The average Bonchev–Trinajstić information content (AvgIpc) is 2.59. The molecule has 2 rings (SSSR count). The normalized spacial score (nSPS) is 15.7. The molecule has 0 spiro atoms. The van der Waals surface area contributed by atoms with Crippen LogP contribution in [0.15, 0.2) is 23.2 Å². The topological polar surface area (TPSA) is 60.1 Å². The molecule has 0 amide bonds. The first-order valence-electron chi connectivity index (χ1n) is 7.83. The minimum atomic E-state index is -0.130. The molecule has 136 valence electrons. The second kappa shape index (κ2) is 9.60. The lowest BCUT2D eigenvalue weighted by atomic mass is 9.84. The molecule has 24 heavy (non-hydrogen) atoms. The van der Waals surface area contributed by atoms with Gasteiger partial charge in [-0.15, -0.1) is 24.0 Å². The third-order valence-electron chi connectivity index (χ3n) is 4.14. The maximum atomic E-state index is 6.16. The van der Waals surface area contributed by atoms with Crippen LogP contribution < -0.4 is 15.2 Å². The highest BCUT2D eigenvalue weighted by atomic mass is 127. The lowest BCUT2D eigenvalue weighted by molar-refractivity contribution is 0.353. The van der Waals surface area contributed by atoms with Crippen molar-refractivity contribution in [2.24, 2.45) is 10.7 Å². The van der Waals surface area contributed by atoms with E-state index in [0.717, 1.165) is 41.7 Å². The van der Waals surface area contributed by atoms with Gasteiger partial charge in [0.15, 0.2) is 17.5 Å². The number of thioether (sulfide) groups is 1. The average molecular weight is 465 g/mol. The van der Waals surface area contributed by atoms with Gasteiger partial charge in [0.05, 0.1) is 20.8 Å². The van der Waals surface area contributed by atoms with E-state index in [0.29, 0.717) is 12.5 Å². The van der Waals surface area contributed by atoms with Gasteiger partial charge in [-0.2, -0.15) is 11.8 Å². The highest BCUT2D eigenvalue weighted by Crippen LogP contribution is 2.33. The summed E-state index contributed by atoms with van der Waals surface area (Å²) in [7, 11) is 3.30. The minimum Gasteiger partial charge on any atom is -0.493 e. The Hall–Kier alpha value is -0.830. The third kappa shape index (κ3) is 5.34. The monoisotopic (exact) mass is 465 g/mol. The predicted octanol–water partition coefficient (Wildman–Crippen LogP) is 2.96. The number of halogens is 1. The molecular weight excluding hydrogens is 437 g/mol. The second-order valence-electron chi connectivity index (χ2n) is 6.23. The first-order valence-corrected chi connectivity index (χ1v) is 8.98. The van der Waals surface area contributed by atoms with Crippen LogP contribution >= 0.6 is 35.7 Å². The van der Waals surface area contributed by atoms with Crippen molar-refractivity contribution in [3.63, 3.8) is 0 Å². The van der Waals surface area contributed by atoms with Gasteiger partial charge in [0.25, 0.3) is 0 Å². The fourth-order valence-corrected chi connectivity index (χ4v) is 3.42. The molecule has 0 atom stereocenters. The molecule has 0 bridgehead atoms. The summed E-state index contributed by atoms with van der Waals surface area (Å²) in [6.07, 6.45) is 0. The van der Waals surface area contributed by atoms with Crippen LogP contribution in [0.5, 0.6) is 11.5 Å². The largest absolute Gasteiger partial charge is 0.493 e. The van der Waals surface area contributed by atoms with E-state index in [4.69, 9.17) is 15.2 Å². The Morgan fingerprint density at radius 2 is 1.83 bits per heavy atom. The van der Waals surface area contributed by atoms with Crippen molar-refractivity contribution in [3.8, 4) is 11.5 Å². The van der Waals surface area contributed by atoms with E-state index in [1.165, 1.54) is 0 Å². The molecule has 0 radical (unpaired) electrons. The highest BCUT2D eigenvalue weighted by molar-refractivity contribution is 14.0. The Bertz CT molecular complexity index is 561. The zero-order chi connectivity index (χ0) is 16.9. The Balaban J connectivity index is 0.00000288. The van der Waals surface area contributed by atoms with Crippen LogP contribution in [0.3, 0.4) is 0 Å². The minimum absolute atomic E-state index is 0. The summed E-state index contributed by atoms with van der Waals surface area (Å²) in [6.45, 7) is 6.93. The van der Waals surface area contributed by atoms with Crippen LogP contribution in [-0.2, 0) is 5.41 Å². The van der Waals surface area contributed by atoms with E-state index in [2.05, 4.69) is 29.8 Å². The number of nitrogens with two attached hydrogens (primary N) is 1. The van der Waals surface area contributed by atoms with E-state index in [-0.39, 0.29) is 29.4 Å². The quantitative estimate of drug-likeness (QED) is 0.412. The molecule has 0 aromatic heterocycles. The van der Waals surface area contributed by atoms with Gasteiger partial charge in [-0.3, -0.25) is 4.99 Å². The molecule has 1 aromatic carbocycles. The third-order valence-corrected chi connectivity index (χ3v) is 5.08. The van der Waals surface area contributed by atoms with Gasteiger partial charge < -0.3 is 20.1 Å². The Labute approximate surface area is 166 Å². The summed E-state index contributed by atoms with van der Waals surface area (Å²) in [6, 6.07) is 6.01. The first kappa shape index (κ1) is 21.2. The number of rotatable bonds is 5. The van der Waals surface area contributed by atoms with Crippen LogP contribution in [0, 0.1) is 0 Å².